The summed E-state index contributed by atoms with van der Waals surface area (Å²) in [7, 11) is -3.40. The molecule has 0 spiro atoms. The van der Waals surface area contributed by atoms with Crippen LogP contribution in [0.3, 0.4) is 0 Å². The molecule has 1 amide bonds. The van der Waals surface area contributed by atoms with E-state index in [1.54, 1.807) is 24.3 Å². The van der Waals surface area contributed by atoms with Crippen LogP contribution >= 0.6 is 0 Å². The average Bonchev–Trinajstić information content (AvgIpc) is 2.43. The van der Waals surface area contributed by atoms with Crippen molar-refractivity contribution >= 4 is 21.6 Å². The third kappa shape index (κ3) is 5.03. The van der Waals surface area contributed by atoms with Gasteiger partial charge in [0.25, 0.3) is 5.91 Å². The molecule has 122 valence electrons. The van der Waals surface area contributed by atoms with Crippen molar-refractivity contribution in [3.05, 3.63) is 65.2 Å². The summed E-state index contributed by atoms with van der Waals surface area (Å²) in [5.74, 6) is -2.41. The Morgan fingerprint density at radius 2 is 1.87 bits per heavy atom. The van der Waals surface area contributed by atoms with Crippen LogP contribution in [0.4, 0.5) is 14.5 Å². The van der Waals surface area contributed by atoms with Crippen LogP contribution in [-0.2, 0) is 16.6 Å². The molecule has 2 N–H and O–H groups in total. The fourth-order valence-electron chi connectivity index (χ4n) is 1.91. The molecule has 0 fully saturated rings. The predicted molar refractivity (Wildman–Crippen MR) is 82.4 cm³/mol. The van der Waals surface area contributed by atoms with E-state index in [9.17, 15) is 22.0 Å². The van der Waals surface area contributed by atoms with Gasteiger partial charge >= 0.3 is 0 Å². The molecule has 2 aromatic rings. The lowest BCUT2D eigenvalue weighted by molar-refractivity contribution is 0.0946. The third-order valence-corrected chi connectivity index (χ3v) is 3.47. The molecule has 0 radical (unpaired) electrons. The fraction of sp³-hybridized carbons (Fsp3) is 0.133. The molecule has 5 nitrogen and oxygen atoms in total. The van der Waals surface area contributed by atoms with Crippen LogP contribution in [0.1, 0.15) is 15.9 Å². The molecular weight excluding hydrogens is 326 g/mol. The highest BCUT2D eigenvalue weighted by Crippen LogP contribution is 2.13. The summed E-state index contributed by atoms with van der Waals surface area (Å²) in [5.41, 5.74) is 0.707. The number of carbonyl (C=O) groups is 1. The lowest BCUT2D eigenvalue weighted by Crippen LogP contribution is -2.24. The van der Waals surface area contributed by atoms with Crippen LogP contribution in [0.2, 0.25) is 0 Å². The van der Waals surface area contributed by atoms with Gasteiger partial charge in [0, 0.05) is 18.3 Å². The molecule has 0 unspecified atom stereocenters. The summed E-state index contributed by atoms with van der Waals surface area (Å²) in [6.45, 7) is 0.0644. The standard InChI is InChI=1S/C15H14F2N2O3S/c1-23(21,22)19-12-4-2-3-10(7-12)9-18-15(20)13-6-5-11(16)8-14(13)17/h2-8,19H,9H2,1H3,(H,18,20). The molecule has 0 aromatic heterocycles. The zero-order valence-electron chi connectivity index (χ0n) is 12.1. The van der Waals surface area contributed by atoms with Crippen LogP contribution in [0.5, 0.6) is 0 Å². The Labute approximate surface area is 132 Å². The lowest BCUT2D eigenvalue weighted by Gasteiger charge is -2.09. The molecule has 0 aliphatic carbocycles. The molecular formula is C15H14F2N2O3S. The van der Waals surface area contributed by atoms with E-state index in [-0.39, 0.29) is 12.1 Å². The number of amides is 1. The minimum absolute atomic E-state index is 0.0644. The summed E-state index contributed by atoms with van der Waals surface area (Å²) < 4.78 is 51.0. The number of halogens is 2. The van der Waals surface area contributed by atoms with Crippen molar-refractivity contribution in [2.45, 2.75) is 6.54 Å². The van der Waals surface area contributed by atoms with E-state index in [0.29, 0.717) is 17.3 Å². The zero-order valence-corrected chi connectivity index (χ0v) is 13.0. The average molecular weight is 340 g/mol. The molecule has 0 saturated heterocycles. The number of nitrogens with one attached hydrogen (secondary N) is 2. The number of hydrogen-bond acceptors (Lipinski definition) is 3. The lowest BCUT2D eigenvalue weighted by atomic mass is 10.1. The number of carbonyl (C=O) groups excluding carboxylic acids is 1. The van der Waals surface area contributed by atoms with Gasteiger partial charge in [-0.1, -0.05) is 12.1 Å². The second-order valence-electron chi connectivity index (χ2n) is 4.88. The van der Waals surface area contributed by atoms with Crippen LogP contribution in [0, 0.1) is 11.6 Å². The van der Waals surface area contributed by atoms with E-state index >= 15 is 0 Å². The van der Waals surface area contributed by atoms with Crippen LogP contribution in [0.15, 0.2) is 42.5 Å². The first-order valence-corrected chi connectivity index (χ1v) is 8.44. The van der Waals surface area contributed by atoms with Gasteiger partial charge in [0.2, 0.25) is 10.0 Å². The van der Waals surface area contributed by atoms with Gasteiger partial charge < -0.3 is 5.32 Å². The van der Waals surface area contributed by atoms with E-state index < -0.39 is 27.6 Å². The minimum atomic E-state index is -3.40. The maximum absolute atomic E-state index is 13.5. The number of sulfonamides is 1. The van der Waals surface area contributed by atoms with E-state index in [1.807, 2.05) is 0 Å². The molecule has 0 atom stereocenters. The van der Waals surface area contributed by atoms with Crippen molar-refractivity contribution in [2.24, 2.45) is 0 Å². The smallest absolute Gasteiger partial charge is 0.254 e. The predicted octanol–water partition coefficient (Wildman–Crippen LogP) is 2.27. The van der Waals surface area contributed by atoms with E-state index in [0.717, 1.165) is 18.4 Å². The molecule has 2 rings (SSSR count). The minimum Gasteiger partial charge on any atom is -0.348 e. The van der Waals surface area contributed by atoms with Crippen molar-refractivity contribution in [1.82, 2.24) is 5.32 Å². The van der Waals surface area contributed by atoms with E-state index in [1.165, 1.54) is 0 Å². The van der Waals surface area contributed by atoms with Gasteiger partial charge in [0.1, 0.15) is 11.6 Å². The summed E-state index contributed by atoms with van der Waals surface area (Å²) >= 11 is 0. The Hall–Kier alpha value is -2.48. The highest BCUT2D eigenvalue weighted by Gasteiger charge is 2.12. The topological polar surface area (TPSA) is 75.3 Å². The second kappa shape index (κ2) is 6.74. The summed E-state index contributed by atoms with van der Waals surface area (Å²) in [5, 5.41) is 2.49. The van der Waals surface area contributed by atoms with Gasteiger partial charge in [-0.15, -0.1) is 0 Å². The monoisotopic (exact) mass is 340 g/mol. The first kappa shape index (κ1) is 16.9. The summed E-state index contributed by atoms with van der Waals surface area (Å²) in [6.07, 6.45) is 1.03. The van der Waals surface area contributed by atoms with Gasteiger partial charge in [-0.2, -0.15) is 0 Å². The molecule has 0 heterocycles. The van der Waals surface area contributed by atoms with Crippen molar-refractivity contribution in [3.8, 4) is 0 Å². The fourth-order valence-corrected chi connectivity index (χ4v) is 2.47. The maximum Gasteiger partial charge on any atom is 0.254 e. The number of anilines is 1. The van der Waals surface area contributed by atoms with Gasteiger partial charge in [-0.3, -0.25) is 9.52 Å². The highest BCUT2D eigenvalue weighted by molar-refractivity contribution is 7.92. The van der Waals surface area contributed by atoms with Crippen molar-refractivity contribution in [3.63, 3.8) is 0 Å². The molecule has 0 aliphatic heterocycles. The largest absolute Gasteiger partial charge is 0.348 e. The second-order valence-corrected chi connectivity index (χ2v) is 6.63. The summed E-state index contributed by atoms with van der Waals surface area (Å²) in [6, 6.07) is 9.08. The maximum atomic E-state index is 13.5. The molecule has 0 saturated carbocycles. The number of rotatable bonds is 5. The highest BCUT2D eigenvalue weighted by atomic mass is 32.2. The number of benzene rings is 2. The molecule has 0 aliphatic rings. The normalized spacial score (nSPS) is 11.1. The molecule has 23 heavy (non-hydrogen) atoms. The first-order chi connectivity index (χ1) is 10.7. The Morgan fingerprint density at radius 1 is 1.13 bits per heavy atom. The van der Waals surface area contributed by atoms with E-state index in [4.69, 9.17) is 0 Å². The SMILES string of the molecule is CS(=O)(=O)Nc1cccc(CNC(=O)c2ccc(F)cc2F)c1. The Kier molecular flexibility index (Phi) is 4.95. The van der Waals surface area contributed by atoms with Crippen molar-refractivity contribution < 1.29 is 22.0 Å². The van der Waals surface area contributed by atoms with Crippen LogP contribution < -0.4 is 10.0 Å². The zero-order chi connectivity index (χ0) is 17.0. The van der Waals surface area contributed by atoms with Gasteiger partial charge in [0.05, 0.1) is 11.8 Å². The van der Waals surface area contributed by atoms with Crippen LogP contribution in [0.25, 0.3) is 0 Å². The van der Waals surface area contributed by atoms with Gasteiger partial charge in [0.15, 0.2) is 0 Å². The van der Waals surface area contributed by atoms with Gasteiger partial charge in [-0.25, -0.2) is 17.2 Å². The number of hydrogen-bond donors (Lipinski definition) is 2. The van der Waals surface area contributed by atoms with E-state index in [2.05, 4.69) is 10.0 Å². The summed E-state index contributed by atoms with van der Waals surface area (Å²) in [4.78, 5) is 11.9. The Bertz CT molecular complexity index is 838. The van der Waals surface area contributed by atoms with Gasteiger partial charge in [-0.05, 0) is 29.8 Å². The first-order valence-electron chi connectivity index (χ1n) is 6.54. The van der Waals surface area contributed by atoms with Crippen molar-refractivity contribution in [1.29, 1.82) is 0 Å². The molecule has 8 heteroatoms. The third-order valence-electron chi connectivity index (χ3n) is 2.86. The molecule has 0 bridgehead atoms. The Morgan fingerprint density at radius 3 is 2.52 bits per heavy atom. The Balaban J connectivity index is 2.06. The quantitative estimate of drug-likeness (QED) is 0.877. The molecule has 2 aromatic carbocycles. The van der Waals surface area contributed by atoms with Crippen LogP contribution in [-0.4, -0.2) is 20.6 Å². The van der Waals surface area contributed by atoms with Crippen molar-refractivity contribution in [2.75, 3.05) is 11.0 Å².